The first-order valence-corrected chi connectivity index (χ1v) is 38.7. The van der Waals surface area contributed by atoms with Crippen molar-refractivity contribution in [1.29, 1.82) is 0 Å². The number of rotatable bonds is 65. The summed E-state index contributed by atoms with van der Waals surface area (Å²) in [7, 11) is 0. The number of aldehydes is 1. The molecule has 0 aliphatic rings. The Hall–Kier alpha value is -10.1. The van der Waals surface area contributed by atoms with Gasteiger partial charge < -0.3 is 167 Å². The number of benzene rings is 4. The van der Waals surface area contributed by atoms with Gasteiger partial charge in [-0.2, -0.15) is 0 Å². The largest absolute Gasteiger partial charge is 3.00 e. The van der Waals surface area contributed by atoms with Gasteiger partial charge in [0.1, 0.15) is 49.1 Å². The van der Waals surface area contributed by atoms with E-state index in [4.69, 9.17) is 36.1 Å². The van der Waals surface area contributed by atoms with Crippen LogP contribution in [0.5, 0.6) is 11.5 Å². The van der Waals surface area contributed by atoms with Crippen LogP contribution in [0.1, 0.15) is 73.1 Å². The third kappa shape index (κ3) is 47.5. The van der Waals surface area contributed by atoms with Gasteiger partial charge in [0, 0.05) is 98.2 Å². The van der Waals surface area contributed by atoms with Gasteiger partial charge in [-0.05, 0) is 105 Å². The number of amides is 5. The zero-order valence-corrected chi connectivity index (χ0v) is 73.8. The van der Waals surface area contributed by atoms with Crippen molar-refractivity contribution in [2.24, 2.45) is 28.1 Å². The van der Waals surface area contributed by atoms with E-state index < -0.39 is 244 Å². The molecule has 2 radical (unpaired) electrons. The summed E-state index contributed by atoms with van der Waals surface area (Å²) < 4.78 is 21.9. The van der Waals surface area contributed by atoms with E-state index in [0.29, 0.717) is 60.8 Å². The molecule has 4 aromatic rings. The van der Waals surface area contributed by atoms with E-state index in [-0.39, 0.29) is 154 Å². The maximum Gasteiger partial charge on any atom is 3.00 e. The number of ether oxygens (including phenoxy) is 4. The van der Waals surface area contributed by atoms with Gasteiger partial charge in [-0.25, -0.2) is 0 Å². The average Bonchev–Trinajstić information content (AvgIpc) is 0.820. The molecule has 2 unspecified atom stereocenters. The second-order valence-electron chi connectivity index (χ2n) is 27.9. The van der Waals surface area contributed by atoms with Crippen molar-refractivity contribution in [3.8, 4) is 33.8 Å². The van der Waals surface area contributed by atoms with E-state index in [0.717, 1.165) is 29.4 Å². The van der Waals surface area contributed by atoms with Crippen molar-refractivity contribution in [3.63, 3.8) is 0 Å². The van der Waals surface area contributed by atoms with Crippen molar-refractivity contribution in [2.75, 3.05) is 158 Å². The number of carbonyl (C=O) groups is 16. The number of nitrogens with one attached hydrogen (secondary N) is 5. The van der Waals surface area contributed by atoms with E-state index in [1.807, 2.05) is 0 Å². The number of nitrogens with two attached hydrogens (primary N) is 3. The summed E-state index contributed by atoms with van der Waals surface area (Å²) in [6, 6.07) is 20.6. The minimum atomic E-state index is -2.03. The van der Waals surface area contributed by atoms with Crippen LogP contribution < -0.4 is 109 Å². The van der Waals surface area contributed by atoms with Gasteiger partial charge in [0.25, 0.3) is 11.8 Å². The van der Waals surface area contributed by atoms with Crippen LogP contribution in [0.25, 0.3) is 22.3 Å². The predicted octanol–water partition coefficient (Wildman–Crippen LogP) is -16.7. The van der Waals surface area contributed by atoms with Gasteiger partial charge in [-0.15, -0.1) is 0 Å². The fourth-order valence-corrected chi connectivity index (χ4v) is 12.1. The number of carboxylic acid groups (broad SMARTS) is 9. The van der Waals surface area contributed by atoms with E-state index in [9.17, 15) is 133 Å². The Bertz CT molecular complexity index is 4210. The normalized spacial score (nSPS) is 12.4. The maximum absolute atomic E-state index is 14.1. The summed E-state index contributed by atoms with van der Waals surface area (Å²) in [5.74, 6) is -21.5. The molecule has 46 nitrogen and oxygen atoms in total. The van der Waals surface area contributed by atoms with Crippen LogP contribution in [0.4, 0.5) is 0 Å². The molecule has 4 aromatic carbocycles. The Morgan fingerprint density at radius 2 is 0.882 bits per heavy atom. The van der Waals surface area contributed by atoms with Crippen LogP contribution in [0.15, 0.2) is 102 Å². The van der Waals surface area contributed by atoms with Crippen LogP contribution in [-0.4, -0.2) is 319 Å². The molecule has 0 spiro atoms. The number of hydrogen-bond acceptors (Lipinski definition) is 39. The van der Waals surface area contributed by atoms with Crippen LogP contribution in [-0.2, 0) is 76.6 Å². The molecule has 0 aliphatic carbocycles. The summed E-state index contributed by atoms with van der Waals surface area (Å²) in [6.07, 6.45) is 2.74. The molecule has 0 heterocycles. The van der Waals surface area contributed by atoms with Crippen molar-refractivity contribution < 1.29 is 232 Å². The molecule has 6 atom stereocenters. The molecule has 0 aliphatic heterocycles. The first-order chi connectivity index (χ1) is 59.4. The molecule has 5 amide bonds. The van der Waals surface area contributed by atoms with Crippen molar-refractivity contribution >= 4 is 101 Å². The van der Waals surface area contributed by atoms with Crippen LogP contribution in [0.3, 0.4) is 0 Å². The van der Waals surface area contributed by atoms with Crippen molar-refractivity contribution in [3.05, 3.63) is 108 Å². The third-order valence-corrected chi connectivity index (χ3v) is 18.3. The van der Waals surface area contributed by atoms with E-state index in [2.05, 4.69) is 31.6 Å². The van der Waals surface area contributed by atoms with Gasteiger partial charge in [0.15, 0.2) is 11.7 Å². The van der Waals surface area contributed by atoms with Gasteiger partial charge in [0.05, 0.1) is 104 Å². The van der Waals surface area contributed by atoms with Crippen LogP contribution in [0.2, 0.25) is 0 Å². The minimum Gasteiger partial charge on any atom is -0.834 e. The number of ketones is 1. The number of Topliss-reactive ketones (excluding diaryl/α,β-unsaturated/α-hetero) is 1. The SMILES string of the molecule is CC[C@@H](C)[C@H](NC(=O)CNC(=O)c1cc(-c2ccccc2)ccc1OCC(CN(CCN(CC(=O)[O-])CC(=O)[O-])CC(=O)[O-])N(COC[O-])CC(=O)[O-])C(=O)N[C@@H](CCCN=C(N)N)C(=O)N[C@@H](C=O)CCCCN.O=C([O-])CN(CCN(CC(=O)[O-])CC(COc1ccc(-c2ccccc2)cc1C(=O)NCC(=O)C(=O)[O-])N(COC[O-])CC(=O)[O-])CC(=O)[O-].[Gd+3].[Gd+3]. The molecule has 0 aromatic heterocycles. The summed E-state index contributed by atoms with van der Waals surface area (Å²) in [4.78, 5) is 205. The minimum absolute atomic E-state index is 0. The van der Waals surface area contributed by atoms with Gasteiger partial charge >= 0.3 is 79.9 Å². The van der Waals surface area contributed by atoms with Gasteiger partial charge in [0.2, 0.25) is 17.7 Å². The molecular formula is C79H100Gd2N15O31-5. The summed E-state index contributed by atoms with van der Waals surface area (Å²) in [5, 5.41) is 138. The fraction of sp³-hybridized carbons (Fsp3) is 0.481. The first kappa shape index (κ1) is 115. The molecule has 0 fully saturated rings. The van der Waals surface area contributed by atoms with Crippen LogP contribution >= 0.6 is 0 Å². The molecule has 698 valence electrons. The second-order valence-corrected chi connectivity index (χ2v) is 27.9. The predicted molar refractivity (Wildman–Crippen MR) is 412 cm³/mol. The number of unbranched alkanes of at least 4 members (excludes halogenated alkanes) is 1. The smallest absolute Gasteiger partial charge is 0.834 e. The van der Waals surface area contributed by atoms with E-state index in [1.165, 1.54) is 24.3 Å². The zero-order chi connectivity index (χ0) is 93.1. The number of aliphatic carboxylic acids is 9. The fourth-order valence-electron chi connectivity index (χ4n) is 12.1. The quantitative estimate of drug-likeness (QED) is 0.00508. The molecule has 0 saturated heterocycles. The number of carbonyl (C=O) groups excluding carboxylic acids is 16. The summed E-state index contributed by atoms with van der Waals surface area (Å²) in [6.45, 7) is -11.1. The van der Waals surface area contributed by atoms with Crippen LogP contribution in [0, 0.1) is 85.8 Å². The zero-order valence-electron chi connectivity index (χ0n) is 69.2. The molecular weight excluding hydrogens is 1970 g/mol. The molecule has 11 N–H and O–H groups in total. The average molecular weight is 2070 g/mol. The Labute approximate surface area is 793 Å². The Morgan fingerprint density at radius 3 is 1.25 bits per heavy atom. The number of hydrogen-bond donors (Lipinski definition) is 8. The molecule has 4 rings (SSSR count). The number of aliphatic imine (C=N–C) groups is 1. The monoisotopic (exact) mass is 2070 g/mol. The van der Waals surface area contributed by atoms with Crippen molar-refractivity contribution in [2.45, 2.75) is 82.6 Å². The number of carboxylic acids is 9. The summed E-state index contributed by atoms with van der Waals surface area (Å²) >= 11 is 0. The number of guanidine groups is 1. The maximum atomic E-state index is 14.1. The van der Waals surface area contributed by atoms with E-state index >= 15 is 0 Å². The topological polar surface area (TPSA) is 734 Å². The third-order valence-electron chi connectivity index (χ3n) is 18.3. The summed E-state index contributed by atoms with van der Waals surface area (Å²) in [5.41, 5.74) is 18.4. The van der Waals surface area contributed by atoms with Gasteiger partial charge in [-0.3, -0.25) is 63.2 Å². The Morgan fingerprint density at radius 1 is 0.480 bits per heavy atom. The molecule has 48 heteroatoms. The van der Waals surface area contributed by atoms with Gasteiger partial charge in [-0.1, -0.05) is 93.1 Å². The molecule has 0 bridgehead atoms. The Kier molecular flexibility index (Phi) is 57.7. The first-order valence-electron chi connectivity index (χ1n) is 38.7. The second kappa shape index (κ2) is 63.8. The van der Waals surface area contributed by atoms with E-state index in [1.54, 1.807) is 86.6 Å². The standard InChI is InChI=1S/C48H72N11O16.C31H37N4O15.2Gd/c1-3-31(2)44(47(73)55-37(13-9-17-52-48(50)51)46(72)54-34(27-60)12-7-8-16-49)56-39(62)21-53-45(71)36-20-33(32-10-5-4-6-11-32)14-15-38(36)75-28-35(59(26-43(69)70)29-74-30-61)22-57(23-40(63)64)18-19-58(24-41(65)66)25-42(67)68;36-19-49-18-35(16-29(44)45)22(12-33(13-26(38)39)8-9-34(14-27(40)41)15-28(42)43)17-50-25-7-6-21(20-4-2-1-3-5-20)10-23(25)30(46)32-11-24(37)31(47)48;;/h4-6,10-11,14-15,20,27,31,34-35,37,44H,3,7-9,12-13,16-19,21-26,28-30,49H2,1-2H3,(H,53,71)(H,54,72)(H,55,73)(H,56,62)(H,63,64)(H,65,66)(H,67,68)(H,69,70)(H4,50,51,52);1-7,10,22H,8-9,11-19H2,(H,32,46)(H,38,39)(H,40,41)(H,42,43)(H,44,45)(H,47,48);;/q2*-1;2*+3/p-9/t31-,34-,35?,37+,44+;;;/m1.../s1. The Balaban J connectivity index is 0.00000135. The van der Waals surface area contributed by atoms with Crippen molar-refractivity contribution in [1.82, 2.24) is 56.0 Å². The molecule has 127 heavy (non-hydrogen) atoms. The molecule has 0 saturated carbocycles. The number of nitrogens with zero attached hydrogens (tertiary/aromatic N) is 7.